The lowest BCUT2D eigenvalue weighted by Gasteiger charge is -2.65. The van der Waals surface area contributed by atoms with E-state index < -0.39 is 0 Å². The molecule has 4 saturated carbocycles. The van der Waals surface area contributed by atoms with Crippen LogP contribution in [0.15, 0.2) is 0 Å². The van der Waals surface area contributed by atoms with Crippen molar-refractivity contribution in [1.82, 2.24) is 5.32 Å². The van der Waals surface area contributed by atoms with Crippen molar-refractivity contribution in [2.75, 3.05) is 13.1 Å². The number of rotatable bonds is 4. The van der Waals surface area contributed by atoms with E-state index in [9.17, 15) is 0 Å². The summed E-state index contributed by atoms with van der Waals surface area (Å²) in [5.41, 5.74) is 7.61. The summed E-state index contributed by atoms with van der Waals surface area (Å²) in [5.74, 6) is 1.01. The minimum atomic E-state index is 0.471. The summed E-state index contributed by atoms with van der Waals surface area (Å²) in [6.45, 7) is 9.28. The van der Waals surface area contributed by atoms with Crippen molar-refractivity contribution >= 4 is 0 Å². The van der Waals surface area contributed by atoms with Gasteiger partial charge in [0.1, 0.15) is 0 Å². The lowest BCUT2D eigenvalue weighted by Crippen LogP contribution is -2.58. The van der Waals surface area contributed by atoms with Crippen LogP contribution in [0.2, 0.25) is 0 Å². The summed E-state index contributed by atoms with van der Waals surface area (Å²) in [7, 11) is 0. The molecular formula is C16H30N2. The molecule has 3 N–H and O–H groups in total. The van der Waals surface area contributed by atoms with Crippen molar-refractivity contribution in [3.8, 4) is 0 Å². The molecule has 0 spiro atoms. The van der Waals surface area contributed by atoms with Gasteiger partial charge in [-0.15, -0.1) is 0 Å². The maximum atomic E-state index is 5.74. The average Bonchev–Trinajstić information content (AvgIpc) is 2.21. The number of nitrogens with one attached hydrogen (secondary N) is 1. The maximum absolute atomic E-state index is 5.74. The predicted octanol–water partition coefficient (Wildman–Crippen LogP) is 2.92. The van der Waals surface area contributed by atoms with Crippen LogP contribution >= 0.6 is 0 Å². The molecule has 104 valence electrons. The molecule has 2 heteroatoms. The van der Waals surface area contributed by atoms with E-state index in [2.05, 4.69) is 26.1 Å². The lowest BCUT2D eigenvalue weighted by atomic mass is 9.40. The Bertz CT molecular complexity index is 320. The molecule has 0 amide bonds. The van der Waals surface area contributed by atoms with E-state index in [1.54, 1.807) is 0 Å². The zero-order valence-corrected chi connectivity index (χ0v) is 12.4. The molecule has 0 aromatic rings. The molecule has 4 aliphatic rings. The van der Waals surface area contributed by atoms with E-state index in [0.717, 1.165) is 12.5 Å². The van der Waals surface area contributed by atoms with E-state index in [4.69, 9.17) is 5.73 Å². The minimum Gasteiger partial charge on any atom is -0.329 e. The Hall–Kier alpha value is -0.0800. The van der Waals surface area contributed by atoms with Crippen molar-refractivity contribution in [2.24, 2.45) is 27.9 Å². The van der Waals surface area contributed by atoms with Crippen molar-refractivity contribution in [2.45, 2.75) is 65.3 Å². The van der Waals surface area contributed by atoms with Crippen LogP contribution in [0.25, 0.3) is 0 Å². The van der Waals surface area contributed by atoms with Gasteiger partial charge in [-0.25, -0.2) is 0 Å². The van der Waals surface area contributed by atoms with Crippen LogP contribution in [0.3, 0.4) is 0 Å². The molecule has 18 heavy (non-hydrogen) atoms. The highest BCUT2D eigenvalue weighted by Gasteiger charge is 2.59. The largest absolute Gasteiger partial charge is 0.329 e. The molecule has 4 fully saturated rings. The van der Waals surface area contributed by atoms with Gasteiger partial charge in [-0.05, 0) is 67.6 Å². The third kappa shape index (κ3) is 2.12. The Balaban J connectivity index is 1.76. The zero-order chi connectivity index (χ0) is 13.0. The molecule has 0 heterocycles. The minimum absolute atomic E-state index is 0.471. The van der Waals surface area contributed by atoms with Crippen LogP contribution in [-0.4, -0.2) is 19.1 Å². The van der Waals surface area contributed by atoms with Crippen LogP contribution in [0.4, 0.5) is 0 Å². The molecule has 2 unspecified atom stereocenters. The molecule has 4 bridgehead atoms. The van der Waals surface area contributed by atoms with Gasteiger partial charge in [0.05, 0.1) is 0 Å². The Morgan fingerprint density at radius 3 is 2.22 bits per heavy atom. The van der Waals surface area contributed by atoms with Gasteiger partial charge in [-0.3, -0.25) is 0 Å². The molecular weight excluding hydrogens is 220 g/mol. The van der Waals surface area contributed by atoms with Gasteiger partial charge < -0.3 is 11.1 Å². The highest BCUT2D eigenvalue weighted by atomic mass is 14.9. The van der Waals surface area contributed by atoms with Gasteiger partial charge in [0.2, 0.25) is 0 Å². The van der Waals surface area contributed by atoms with Crippen molar-refractivity contribution in [3.63, 3.8) is 0 Å². The highest BCUT2D eigenvalue weighted by molar-refractivity contribution is 5.10. The Morgan fingerprint density at radius 2 is 1.72 bits per heavy atom. The second-order valence-corrected chi connectivity index (χ2v) is 8.65. The lowest BCUT2D eigenvalue weighted by molar-refractivity contribution is -0.143. The van der Waals surface area contributed by atoms with Gasteiger partial charge >= 0.3 is 0 Å². The van der Waals surface area contributed by atoms with Crippen LogP contribution in [0.1, 0.15) is 59.3 Å². The van der Waals surface area contributed by atoms with Crippen molar-refractivity contribution < 1.29 is 0 Å². The summed E-state index contributed by atoms with van der Waals surface area (Å²) in [6, 6.07) is 0.471. The molecule has 0 aromatic carbocycles. The molecule has 0 aromatic heterocycles. The second kappa shape index (κ2) is 3.96. The zero-order valence-electron chi connectivity index (χ0n) is 12.4. The standard InChI is InChI=1S/C16H30N2/c1-12(7-17)18-11-16-6-13-4-14(2,9-16)8-15(3,5-13)10-16/h12-13,18H,4-11,17H2,1-3H3/t12-,13?,14?,15?,16?/m1/s1. The van der Waals surface area contributed by atoms with Gasteiger partial charge in [-0.1, -0.05) is 13.8 Å². The van der Waals surface area contributed by atoms with Crippen molar-refractivity contribution in [1.29, 1.82) is 0 Å². The Labute approximate surface area is 112 Å². The van der Waals surface area contributed by atoms with Crippen LogP contribution in [0, 0.1) is 22.2 Å². The fraction of sp³-hybridized carbons (Fsp3) is 1.00. The predicted molar refractivity (Wildman–Crippen MR) is 76.4 cm³/mol. The summed E-state index contributed by atoms with van der Waals surface area (Å²) in [5, 5.41) is 3.70. The first-order valence-corrected chi connectivity index (χ1v) is 7.80. The molecule has 0 radical (unpaired) electrons. The highest BCUT2D eigenvalue weighted by Crippen LogP contribution is 2.69. The Morgan fingerprint density at radius 1 is 1.11 bits per heavy atom. The fourth-order valence-electron chi connectivity index (χ4n) is 6.36. The third-order valence-electron chi connectivity index (χ3n) is 5.92. The first kappa shape index (κ1) is 12.9. The Kier molecular flexibility index (Phi) is 2.84. The van der Waals surface area contributed by atoms with Gasteiger partial charge in [-0.2, -0.15) is 0 Å². The number of hydrogen-bond donors (Lipinski definition) is 2. The van der Waals surface area contributed by atoms with E-state index in [1.807, 2.05) is 0 Å². The summed E-state index contributed by atoms with van der Waals surface area (Å²) in [6.07, 6.45) is 8.85. The molecule has 4 aliphatic carbocycles. The molecule has 2 nitrogen and oxygen atoms in total. The fourth-order valence-corrected chi connectivity index (χ4v) is 6.36. The molecule has 4 rings (SSSR count). The van der Waals surface area contributed by atoms with Gasteiger partial charge in [0.15, 0.2) is 0 Å². The normalized spacial score (nSPS) is 51.7. The van der Waals surface area contributed by atoms with E-state index in [-0.39, 0.29) is 0 Å². The maximum Gasteiger partial charge on any atom is 0.0162 e. The van der Waals surface area contributed by atoms with E-state index in [0.29, 0.717) is 22.3 Å². The van der Waals surface area contributed by atoms with Gasteiger partial charge in [0, 0.05) is 19.1 Å². The van der Waals surface area contributed by atoms with E-state index >= 15 is 0 Å². The molecule has 0 saturated heterocycles. The third-order valence-corrected chi connectivity index (χ3v) is 5.92. The first-order valence-electron chi connectivity index (χ1n) is 7.80. The molecule has 0 aliphatic heterocycles. The van der Waals surface area contributed by atoms with Gasteiger partial charge in [0.25, 0.3) is 0 Å². The SMILES string of the molecule is C[C@H](CN)NCC12CC3CC(C)(CC(C)(C3)C1)C2. The van der Waals surface area contributed by atoms with Crippen molar-refractivity contribution in [3.05, 3.63) is 0 Å². The van der Waals surface area contributed by atoms with Crippen LogP contribution in [-0.2, 0) is 0 Å². The summed E-state index contributed by atoms with van der Waals surface area (Å²) >= 11 is 0. The van der Waals surface area contributed by atoms with E-state index in [1.165, 1.54) is 45.1 Å². The smallest absolute Gasteiger partial charge is 0.0162 e. The molecule has 3 atom stereocenters. The number of hydrogen-bond acceptors (Lipinski definition) is 2. The van der Waals surface area contributed by atoms with Crippen LogP contribution in [0.5, 0.6) is 0 Å². The number of nitrogens with two attached hydrogens (primary N) is 1. The average molecular weight is 250 g/mol. The van der Waals surface area contributed by atoms with Crippen LogP contribution < -0.4 is 11.1 Å². The second-order valence-electron chi connectivity index (χ2n) is 8.65. The quantitative estimate of drug-likeness (QED) is 0.805. The summed E-state index contributed by atoms with van der Waals surface area (Å²) < 4.78 is 0. The topological polar surface area (TPSA) is 38.0 Å². The first-order chi connectivity index (χ1) is 8.36. The summed E-state index contributed by atoms with van der Waals surface area (Å²) in [4.78, 5) is 0. The monoisotopic (exact) mass is 250 g/mol.